The number of hydrogen-bond acceptors (Lipinski definition) is 3. The highest BCUT2D eigenvalue weighted by molar-refractivity contribution is 6.17. The van der Waals surface area contributed by atoms with E-state index < -0.39 is 0 Å². The third kappa shape index (κ3) is 4.23. The maximum atomic E-state index is 11.8. The number of rotatable bonds is 5. The van der Waals surface area contributed by atoms with Crippen LogP contribution in [0.5, 0.6) is 5.75 Å². The molecule has 0 saturated carbocycles. The van der Waals surface area contributed by atoms with Gasteiger partial charge in [-0.05, 0) is 17.9 Å². The summed E-state index contributed by atoms with van der Waals surface area (Å²) >= 11 is 5.68. The maximum Gasteiger partial charge on any atom is 0.255 e. The molecule has 0 atom stereocenters. The number of hydrogen-bond donors (Lipinski definition) is 2. The van der Waals surface area contributed by atoms with E-state index in [1.54, 1.807) is 0 Å². The molecule has 4 nitrogen and oxygen atoms in total. The Labute approximate surface area is 106 Å². The van der Waals surface area contributed by atoms with Gasteiger partial charge in [0.1, 0.15) is 5.75 Å². The lowest BCUT2D eigenvalue weighted by molar-refractivity contribution is 0.0933. The van der Waals surface area contributed by atoms with Gasteiger partial charge in [-0.15, -0.1) is 11.6 Å². The number of alkyl halides is 1. The Kier molecular flexibility index (Phi) is 4.75. The number of nitrogens with one attached hydrogen (secondary N) is 1. The quantitative estimate of drug-likeness (QED) is 0.794. The van der Waals surface area contributed by atoms with Crippen LogP contribution in [-0.2, 0) is 0 Å². The first-order chi connectivity index (χ1) is 7.96. The molecule has 1 aromatic rings. The van der Waals surface area contributed by atoms with Crippen LogP contribution in [0.3, 0.4) is 0 Å². The zero-order chi connectivity index (χ0) is 12.9. The molecule has 1 rings (SSSR count). The van der Waals surface area contributed by atoms with Gasteiger partial charge in [0.15, 0.2) is 0 Å². The summed E-state index contributed by atoms with van der Waals surface area (Å²) in [6.07, 6.45) is 3.54. The molecule has 1 amide bonds. The Morgan fingerprint density at radius 1 is 1.59 bits per heavy atom. The molecule has 0 radical (unpaired) electrons. The Morgan fingerprint density at radius 3 is 2.88 bits per heavy atom. The van der Waals surface area contributed by atoms with Gasteiger partial charge in [-0.2, -0.15) is 0 Å². The van der Waals surface area contributed by atoms with Gasteiger partial charge in [0.25, 0.3) is 5.91 Å². The van der Waals surface area contributed by atoms with E-state index in [4.69, 9.17) is 11.6 Å². The molecule has 0 spiro atoms. The Balaban J connectivity index is 2.59. The molecule has 2 N–H and O–H groups in total. The van der Waals surface area contributed by atoms with Crippen LogP contribution in [0, 0.1) is 5.41 Å². The zero-order valence-corrected chi connectivity index (χ0v) is 10.8. The predicted molar refractivity (Wildman–Crippen MR) is 67.4 cm³/mol. The molecule has 0 aliphatic carbocycles. The van der Waals surface area contributed by atoms with Crippen molar-refractivity contribution in [2.24, 2.45) is 5.41 Å². The summed E-state index contributed by atoms with van der Waals surface area (Å²) in [6, 6.07) is 1.49. The number of carbonyl (C=O) groups is 1. The van der Waals surface area contributed by atoms with Gasteiger partial charge < -0.3 is 10.4 Å². The monoisotopic (exact) mass is 256 g/mol. The predicted octanol–water partition coefficient (Wildman–Crippen LogP) is 2.17. The molecule has 0 aliphatic heterocycles. The SMILES string of the molecule is CC(C)(CCCl)CNC(=O)c1ccncc1O. The molecular formula is C12H17ClN2O2. The van der Waals surface area contributed by atoms with Crippen LogP contribution >= 0.6 is 11.6 Å². The molecule has 94 valence electrons. The van der Waals surface area contributed by atoms with Crippen LogP contribution in [0.4, 0.5) is 0 Å². The number of amides is 1. The number of aromatic nitrogens is 1. The largest absolute Gasteiger partial charge is 0.505 e. The second-order valence-corrected chi connectivity index (χ2v) is 5.06. The maximum absolute atomic E-state index is 11.8. The number of pyridine rings is 1. The summed E-state index contributed by atoms with van der Waals surface area (Å²) in [4.78, 5) is 15.5. The standard InChI is InChI=1S/C12H17ClN2O2/c1-12(2,4-5-13)8-15-11(17)9-3-6-14-7-10(9)16/h3,6-7,16H,4-5,8H2,1-2H3,(H,15,17). The van der Waals surface area contributed by atoms with Gasteiger partial charge in [0, 0.05) is 18.6 Å². The number of nitrogens with zero attached hydrogens (tertiary/aromatic N) is 1. The summed E-state index contributed by atoms with van der Waals surface area (Å²) in [5.41, 5.74) is 0.182. The van der Waals surface area contributed by atoms with E-state index in [9.17, 15) is 9.90 Å². The van der Waals surface area contributed by atoms with Crippen molar-refractivity contribution in [3.63, 3.8) is 0 Å². The smallest absolute Gasteiger partial charge is 0.255 e. The van der Waals surface area contributed by atoms with Crippen LogP contribution in [0.2, 0.25) is 0 Å². The third-order valence-corrected chi connectivity index (χ3v) is 2.73. The number of halogens is 1. The summed E-state index contributed by atoms with van der Waals surface area (Å²) in [5.74, 6) is 0.149. The Bertz CT molecular complexity index is 394. The molecule has 17 heavy (non-hydrogen) atoms. The fourth-order valence-electron chi connectivity index (χ4n) is 1.34. The Hall–Kier alpha value is -1.29. The first kappa shape index (κ1) is 13.8. The van der Waals surface area contributed by atoms with Gasteiger partial charge in [-0.25, -0.2) is 0 Å². The second kappa shape index (κ2) is 5.87. The van der Waals surface area contributed by atoms with Crippen LogP contribution in [0.25, 0.3) is 0 Å². The molecule has 1 heterocycles. The van der Waals surface area contributed by atoms with E-state index in [0.29, 0.717) is 12.4 Å². The molecule has 5 heteroatoms. The van der Waals surface area contributed by atoms with E-state index in [-0.39, 0.29) is 22.6 Å². The highest BCUT2D eigenvalue weighted by Gasteiger charge is 2.19. The van der Waals surface area contributed by atoms with Crippen LogP contribution < -0.4 is 5.32 Å². The van der Waals surface area contributed by atoms with E-state index >= 15 is 0 Å². The fourth-order valence-corrected chi connectivity index (χ4v) is 1.85. The average Bonchev–Trinajstić information content (AvgIpc) is 2.27. The second-order valence-electron chi connectivity index (χ2n) is 4.68. The van der Waals surface area contributed by atoms with Crippen molar-refractivity contribution in [3.8, 4) is 5.75 Å². The highest BCUT2D eigenvalue weighted by Crippen LogP contribution is 2.20. The van der Waals surface area contributed by atoms with E-state index in [0.717, 1.165) is 6.42 Å². The summed E-state index contributed by atoms with van der Waals surface area (Å²) in [6.45, 7) is 4.57. The number of aromatic hydroxyl groups is 1. The van der Waals surface area contributed by atoms with Gasteiger partial charge in [-0.3, -0.25) is 9.78 Å². The molecule has 0 aliphatic rings. The minimum absolute atomic E-state index is 0.0555. The molecule has 0 bridgehead atoms. The van der Waals surface area contributed by atoms with Crippen molar-refractivity contribution < 1.29 is 9.90 Å². The molecule has 0 saturated heterocycles. The van der Waals surface area contributed by atoms with Crippen molar-refractivity contribution >= 4 is 17.5 Å². The summed E-state index contributed by atoms with van der Waals surface area (Å²) < 4.78 is 0. The van der Waals surface area contributed by atoms with Crippen molar-refractivity contribution in [2.45, 2.75) is 20.3 Å². The van der Waals surface area contributed by atoms with Gasteiger partial charge in [-0.1, -0.05) is 13.8 Å². The lowest BCUT2D eigenvalue weighted by Crippen LogP contribution is -2.34. The van der Waals surface area contributed by atoms with Crippen molar-refractivity contribution in [1.29, 1.82) is 0 Å². The first-order valence-electron chi connectivity index (χ1n) is 5.43. The zero-order valence-electron chi connectivity index (χ0n) is 10.0. The fraction of sp³-hybridized carbons (Fsp3) is 0.500. The van der Waals surface area contributed by atoms with Gasteiger partial charge >= 0.3 is 0 Å². The van der Waals surface area contributed by atoms with Gasteiger partial charge in [0.05, 0.1) is 11.8 Å². The topological polar surface area (TPSA) is 62.2 Å². The van der Waals surface area contributed by atoms with Crippen LogP contribution in [0.15, 0.2) is 18.5 Å². The lowest BCUT2D eigenvalue weighted by atomic mass is 9.90. The summed E-state index contributed by atoms with van der Waals surface area (Å²) in [7, 11) is 0. The molecule has 1 aromatic heterocycles. The molecular weight excluding hydrogens is 240 g/mol. The number of carbonyl (C=O) groups excluding carboxylic acids is 1. The summed E-state index contributed by atoms with van der Waals surface area (Å²) in [5, 5.41) is 12.2. The lowest BCUT2D eigenvalue weighted by Gasteiger charge is -2.23. The van der Waals surface area contributed by atoms with E-state index in [1.807, 2.05) is 13.8 Å². The van der Waals surface area contributed by atoms with E-state index in [1.165, 1.54) is 18.5 Å². The van der Waals surface area contributed by atoms with Crippen molar-refractivity contribution in [3.05, 3.63) is 24.0 Å². The van der Waals surface area contributed by atoms with Crippen molar-refractivity contribution in [2.75, 3.05) is 12.4 Å². The molecule has 0 unspecified atom stereocenters. The minimum Gasteiger partial charge on any atom is -0.505 e. The Morgan fingerprint density at radius 2 is 2.29 bits per heavy atom. The average molecular weight is 257 g/mol. The highest BCUT2D eigenvalue weighted by atomic mass is 35.5. The molecule has 0 fully saturated rings. The van der Waals surface area contributed by atoms with E-state index in [2.05, 4.69) is 10.3 Å². The van der Waals surface area contributed by atoms with Crippen LogP contribution in [0.1, 0.15) is 30.6 Å². The normalized spacial score (nSPS) is 11.2. The van der Waals surface area contributed by atoms with Crippen molar-refractivity contribution in [1.82, 2.24) is 10.3 Å². The minimum atomic E-state index is -0.299. The van der Waals surface area contributed by atoms with Gasteiger partial charge in [0.2, 0.25) is 0 Å². The molecule has 0 aromatic carbocycles. The van der Waals surface area contributed by atoms with Crippen LogP contribution in [-0.4, -0.2) is 28.4 Å². The third-order valence-electron chi connectivity index (χ3n) is 2.54. The first-order valence-corrected chi connectivity index (χ1v) is 5.97.